The van der Waals surface area contributed by atoms with Gasteiger partial charge in [-0.1, -0.05) is 20.8 Å². The Hall–Kier alpha value is -0.130. The maximum atomic E-state index is 11.5. The fraction of sp³-hybridized carbons (Fsp3) is 1.00. The maximum absolute atomic E-state index is 11.5. The Labute approximate surface area is 93.9 Å². The van der Waals surface area contributed by atoms with Crippen molar-refractivity contribution in [1.29, 1.82) is 0 Å². The highest BCUT2D eigenvalue weighted by Crippen LogP contribution is 2.11. The zero-order valence-corrected chi connectivity index (χ0v) is 11.1. The molecular formula is C10H24N2O2S. The molecule has 5 heteroatoms. The van der Waals surface area contributed by atoms with Crippen LogP contribution in [0.5, 0.6) is 0 Å². The lowest BCUT2D eigenvalue weighted by Gasteiger charge is -2.18. The molecule has 0 aromatic heterocycles. The average Bonchev–Trinajstić information content (AvgIpc) is 2.09. The molecule has 4 nitrogen and oxygen atoms in total. The van der Waals surface area contributed by atoms with Gasteiger partial charge in [0.25, 0.3) is 0 Å². The highest BCUT2D eigenvalue weighted by atomic mass is 32.2. The van der Waals surface area contributed by atoms with Gasteiger partial charge in [-0.05, 0) is 31.8 Å². The second kappa shape index (κ2) is 6.45. The highest BCUT2D eigenvalue weighted by molar-refractivity contribution is 7.89. The van der Waals surface area contributed by atoms with Gasteiger partial charge in [0.05, 0.1) is 5.75 Å². The molecule has 0 bridgehead atoms. The zero-order valence-electron chi connectivity index (χ0n) is 10.3. The van der Waals surface area contributed by atoms with Crippen LogP contribution in [0.4, 0.5) is 0 Å². The molecule has 0 rings (SSSR count). The Morgan fingerprint density at radius 1 is 1.13 bits per heavy atom. The van der Waals surface area contributed by atoms with Gasteiger partial charge in [0, 0.05) is 6.54 Å². The van der Waals surface area contributed by atoms with E-state index in [4.69, 9.17) is 0 Å². The summed E-state index contributed by atoms with van der Waals surface area (Å²) in [6, 6.07) is 0. The van der Waals surface area contributed by atoms with E-state index in [1.807, 2.05) is 27.8 Å². The molecule has 0 saturated carbocycles. The van der Waals surface area contributed by atoms with Gasteiger partial charge < -0.3 is 5.32 Å². The van der Waals surface area contributed by atoms with Crippen LogP contribution in [0.1, 0.15) is 33.6 Å². The first kappa shape index (κ1) is 14.9. The molecule has 2 N–H and O–H groups in total. The van der Waals surface area contributed by atoms with E-state index >= 15 is 0 Å². The largest absolute Gasteiger partial charge is 0.320 e. The monoisotopic (exact) mass is 236 g/mol. The molecule has 0 amide bonds. The molecule has 0 atom stereocenters. The molecule has 15 heavy (non-hydrogen) atoms. The minimum Gasteiger partial charge on any atom is -0.320 e. The van der Waals surface area contributed by atoms with Gasteiger partial charge in [0.1, 0.15) is 0 Å². The van der Waals surface area contributed by atoms with Crippen LogP contribution >= 0.6 is 0 Å². The zero-order chi connectivity index (χ0) is 11.9. The lowest BCUT2D eigenvalue weighted by molar-refractivity contribution is 0.407. The Bertz CT molecular complexity index is 255. The van der Waals surface area contributed by atoms with Crippen molar-refractivity contribution >= 4 is 10.0 Å². The van der Waals surface area contributed by atoms with E-state index in [2.05, 4.69) is 10.0 Å². The minimum atomic E-state index is -3.07. The first-order valence-corrected chi connectivity index (χ1v) is 7.04. The fourth-order valence-corrected chi connectivity index (χ4v) is 2.37. The standard InChI is InChI=1S/C10H24N2O2S/c1-10(2,3)9-12-15(13,14)8-6-5-7-11-4/h11-12H,5-9H2,1-4H3. The van der Waals surface area contributed by atoms with Crippen LogP contribution in [0, 0.1) is 5.41 Å². The molecule has 0 aliphatic rings. The highest BCUT2D eigenvalue weighted by Gasteiger charge is 2.15. The lowest BCUT2D eigenvalue weighted by Crippen LogP contribution is -2.34. The minimum absolute atomic E-state index is 0.00194. The molecular weight excluding hydrogens is 212 g/mol. The number of nitrogens with one attached hydrogen (secondary N) is 2. The van der Waals surface area contributed by atoms with E-state index in [0.29, 0.717) is 13.0 Å². The van der Waals surface area contributed by atoms with Crippen molar-refractivity contribution in [1.82, 2.24) is 10.0 Å². The number of unbranched alkanes of at least 4 members (excludes halogenated alkanes) is 1. The molecule has 0 aromatic rings. The summed E-state index contributed by atoms with van der Waals surface area (Å²) in [6.07, 6.45) is 1.60. The summed E-state index contributed by atoms with van der Waals surface area (Å²) in [7, 11) is -1.21. The smallest absolute Gasteiger partial charge is 0.211 e. The summed E-state index contributed by atoms with van der Waals surface area (Å²) in [5.41, 5.74) is -0.00194. The Morgan fingerprint density at radius 3 is 2.20 bits per heavy atom. The van der Waals surface area contributed by atoms with E-state index in [9.17, 15) is 8.42 Å². The van der Waals surface area contributed by atoms with Gasteiger partial charge in [-0.25, -0.2) is 13.1 Å². The molecule has 0 heterocycles. The van der Waals surface area contributed by atoms with Crippen molar-refractivity contribution in [2.75, 3.05) is 25.9 Å². The first-order chi connectivity index (χ1) is 6.77. The summed E-state index contributed by atoms with van der Waals surface area (Å²) in [5, 5.41) is 2.99. The van der Waals surface area contributed by atoms with E-state index in [1.54, 1.807) is 0 Å². The SMILES string of the molecule is CNCCCCS(=O)(=O)NCC(C)(C)C. The van der Waals surface area contributed by atoms with Crippen molar-refractivity contribution in [2.24, 2.45) is 5.41 Å². The number of hydrogen-bond acceptors (Lipinski definition) is 3. The quantitative estimate of drug-likeness (QED) is 0.647. The molecule has 0 aliphatic heterocycles. The van der Waals surface area contributed by atoms with Crippen LogP contribution in [0.2, 0.25) is 0 Å². The van der Waals surface area contributed by atoms with Crippen molar-refractivity contribution < 1.29 is 8.42 Å². The predicted octanol–water partition coefficient (Wildman–Crippen LogP) is 0.952. The third-order valence-corrected chi connectivity index (χ3v) is 3.32. The van der Waals surface area contributed by atoms with Gasteiger partial charge in [0.2, 0.25) is 10.0 Å². The molecule has 92 valence electrons. The average molecular weight is 236 g/mol. The molecule has 0 aromatic carbocycles. The first-order valence-electron chi connectivity index (χ1n) is 5.39. The van der Waals surface area contributed by atoms with Gasteiger partial charge >= 0.3 is 0 Å². The Kier molecular flexibility index (Phi) is 6.40. The maximum Gasteiger partial charge on any atom is 0.211 e. The topological polar surface area (TPSA) is 58.2 Å². The second-order valence-electron chi connectivity index (χ2n) is 5.01. The van der Waals surface area contributed by atoms with Crippen LogP contribution < -0.4 is 10.0 Å². The lowest BCUT2D eigenvalue weighted by atomic mass is 9.98. The molecule has 0 spiro atoms. The van der Waals surface area contributed by atoms with Crippen LogP contribution in [0.15, 0.2) is 0 Å². The molecule has 0 saturated heterocycles. The van der Waals surface area contributed by atoms with Gasteiger partial charge in [-0.3, -0.25) is 0 Å². The van der Waals surface area contributed by atoms with Gasteiger partial charge in [0.15, 0.2) is 0 Å². The summed E-state index contributed by atoms with van der Waals surface area (Å²) < 4.78 is 25.6. The summed E-state index contributed by atoms with van der Waals surface area (Å²) in [6.45, 7) is 7.40. The van der Waals surface area contributed by atoms with Crippen LogP contribution in [-0.2, 0) is 10.0 Å². The van der Waals surface area contributed by atoms with Crippen molar-refractivity contribution in [3.8, 4) is 0 Å². The number of rotatable bonds is 7. The van der Waals surface area contributed by atoms with Gasteiger partial charge in [-0.2, -0.15) is 0 Å². The predicted molar refractivity (Wildman–Crippen MR) is 64.4 cm³/mol. The normalized spacial score (nSPS) is 13.1. The number of sulfonamides is 1. The second-order valence-corrected chi connectivity index (χ2v) is 6.94. The third kappa shape index (κ3) is 10.2. The molecule has 0 unspecified atom stereocenters. The van der Waals surface area contributed by atoms with Crippen molar-refractivity contribution in [2.45, 2.75) is 33.6 Å². The van der Waals surface area contributed by atoms with Crippen molar-refractivity contribution in [3.63, 3.8) is 0 Å². The van der Waals surface area contributed by atoms with Crippen LogP contribution in [-0.4, -0.2) is 34.3 Å². The van der Waals surface area contributed by atoms with Crippen molar-refractivity contribution in [3.05, 3.63) is 0 Å². The number of hydrogen-bond donors (Lipinski definition) is 2. The Balaban J connectivity index is 3.78. The molecule has 0 radical (unpaired) electrons. The Morgan fingerprint density at radius 2 is 1.73 bits per heavy atom. The van der Waals surface area contributed by atoms with E-state index in [-0.39, 0.29) is 11.2 Å². The van der Waals surface area contributed by atoms with E-state index in [1.165, 1.54) is 0 Å². The summed E-state index contributed by atoms with van der Waals surface area (Å²) in [5.74, 6) is 0.227. The molecule has 0 fully saturated rings. The molecule has 0 aliphatic carbocycles. The summed E-state index contributed by atoms with van der Waals surface area (Å²) in [4.78, 5) is 0. The van der Waals surface area contributed by atoms with Crippen LogP contribution in [0.3, 0.4) is 0 Å². The van der Waals surface area contributed by atoms with E-state index < -0.39 is 10.0 Å². The fourth-order valence-electron chi connectivity index (χ4n) is 0.992. The van der Waals surface area contributed by atoms with Crippen LogP contribution in [0.25, 0.3) is 0 Å². The summed E-state index contributed by atoms with van der Waals surface area (Å²) >= 11 is 0. The van der Waals surface area contributed by atoms with Gasteiger partial charge in [-0.15, -0.1) is 0 Å². The third-order valence-electron chi connectivity index (χ3n) is 1.91. The van der Waals surface area contributed by atoms with E-state index in [0.717, 1.165) is 13.0 Å².